The zero-order chi connectivity index (χ0) is 10.7. The third-order valence-electron chi connectivity index (χ3n) is 2.07. The van der Waals surface area contributed by atoms with Crippen molar-refractivity contribution in [2.24, 2.45) is 0 Å². The Kier molecular flexibility index (Phi) is 2.96. The van der Waals surface area contributed by atoms with E-state index in [2.05, 4.69) is 0 Å². The Labute approximate surface area is 81.8 Å². The zero-order valence-corrected chi connectivity index (χ0v) is 8.02. The van der Waals surface area contributed by atoms with Crippen LogP contribution < -0.4 is 4.74 Å². The highest BCUT2D eigenvalue weighted by atomic mass is 16.5. The van der Waals surface area contributed by atoms with Gasteiger partial charge in [0.15, 0.2) is 11.5 Å². The molecule has 1 unspecified atom stereocenters. The number of carboxylic acid groups (broad SMARTS) is 1. The van der Waals surface area contributed by atoms with Gasteiger partial charge in [0.2, 0.25) is 0 Å². The van der Waals surface area contributed by atoms with Crippen molar-refractivity contribution in [2.75, 3.05) is 7.11 Å². The second-order valence-electron chi connectivity index (χ2n) is 2.96. The molecule has 1 rings (SSSR count). The maximum absolute atomic E-state index is 10.7. The summed E-state index contributed by atoms with van der Waals surface area (Å²) < 4.78 is 4.93. The van der Waals surface area contributed by atoms with Gasteiger partial charge in [0.25, 0.3) is 0 Å². The maximum atomic E-state index is 10.7. The molecule has 14 heavy (non-hydrogen) atoms. The Hall–Kier alpha value is -1.71. The first-order valence-corrected chi connectivity index (χ1v) is 4.16. The van der Waals surface area contributed by atoms with Crippen LogP contribution in [0.1, 0.15) is 18.4 Å². The van der Waals surface area contributed by atoms with E-state index < -0.39 is 11.9 Å². The fraction of sp³-hybridized carbons (Fsp3) is 0.300. The highest BCUT2D eigenvalue weighted by Crippen LogP contribution is 2.34. The van der Waals surface area contributed by atoms with Crippen molar-refractivity contribution >= 4 is 5.97 Å². The van der Waals surface area contributed by atoms with E-state index in [1.54, 1.807) is 19.1 Å². The number of carbonyl (C=O) groups is 1. The Morgan fingerprint density at radius 3 is 2.64 bits per heavy atom. The smallest absolute Gasteiger partial charge is 0.310 e. The Morgan fingerprint density at radius 1 is 1.50 bits per heavy atom. The minimum absolute atomic E-state index is 0.0434. The third kappa shape index (κ3) is 1.79. The number of methoxy groups -OCH3 is 1. The average Bonchev–Trinajstić information content (AvgIpc) is 2.16. The summed E-state index contributed by atoms with van der Waals surface area (Å²) in [6.07, 6.45) is 0. The Balaban J connectivity index is 3.20. The minimum atomic E-state index is -0.950. The predicted octanol–water partition coefficient (Wildman–Crippen LogP) is 1.59. The summed E-state index contributed by atoms with van der Waals surface area (Å²) in [7, 11) is 1.40. The van der Waals surface area contributed by atoms with Gasteiger partial charge in [0.05, 0.1) is 13.0 Å². The molecule has 0 heterocycles. The van der Waals surface area contributed by atoms with Gasteiger partial charge in [0.1, 0.15) is 0 Å². The van der Waals surface area contributed by atoms with Crippen molar-refractivity contribution in [1.29, 1.82) is 0 Å². The van der Waals surface area contributed by atoms with E-state index in [-0.39, 0.29) is 11.5 Å². The number of benzene rings is 1. The molecule has 0 aliphatic heterocycles. The molecule has 4 nitrogen and oxygen atoms in total. The van der Waals surface area contributed by atoms with E-state index in [1.165, 1.54) is 13.2 Å². The molecule has 4 heteroatoms. The lowest BCUT2D eigenvalue weighted by Crippen LogP contribution is -2.08. The van der Waals surface area contributed by atoms with Gasteiger partial charge in [-0.15, -0.1) is 0 Å². The summed E-state index contributed by atoms with van der Waals surface area (Å²) >= 11 is 0. The summed E-state index contributed by atoms with van der Waals surface area (Å²) in [5.74, 6) is -1.47. The lowest BCUT2D eigenvalue weighted by molar-refractivity contribution is -0.138. The van der Waals surface area contributed by atoms with Crippen molar-refractivity contribution in [3.05, 3.63) is 23.8 Å². The molecule has 1 aromatic carbocycles. The van der Waals surface area contributed by atoms with Crippen LogP contribution in [0.5, 0.6) is 11.5 Å². The summed E-state index contributed by atoms with van der Waals surface area (Å²) in [4.78, 5) is 10.7. The van der Waals surface area contributed by atoms with Crippen LogP contribution >= 0.6 is 0 Å². The highest BCUT2D eigenvalue weighted by molar-refractivity contribution is 5.77. The average molecular weight is 196 g/mol. The largest absolute Gasteiger partial charge is 0.504 e. The summed E-state index contributed by atoms with van der Waals surface area (Å²) in [6, 6.07) is 4.67. The molecule has 1 atom stereocenters. The molecule has 0 aliphatic carbocycles. The summed E-state index contributed by atoms with van der Waals surface area (Å²) in [5, 5.41) is 18.2. The van der Waals surface area contributed by atoms with Gasteiger partial charge in [0, 0.05) is 5.56 Å². The summed E-state index contributed by atoms with van der Waals surface area (Å²) in [6.45, 7) is 1.54. The second-order valence-corrected chi connectivity index (χ2v) is 2.96. The number of ether oxygens (including phenoxy) is 1. The van der Waals surface area contributed by atoms with Crippen molar-refractivity contribution < 1.29 is 19.7 Å². The standard InChI is InChI=1S/C10H12O4/c1-6(10(12)13)7-4-3-5-8(11)9(7)14-2/h3-6,11H,1-2H3,(H,12,13). The Bertz CT molecular complexity index is 346. The van der Waals surface area contributed by atoms with Crippen LogP contribution in [0.3, 0.4) is 0 Å². The van der Waals surface area contributed by atoms with Crippen molar-refractivity contribution in [3.63, 3.8) is 0 Å². The van der Waals surface area contributed by atoms with E-state index in [0.717, 1.165) is 0 Å². The SMILES string of the molecule is COc1c(O)cccc1C(C)C(=O)O. The maximum Gasteiger partial charge on any atom is 0.310 e. The van der Waals surface area contributed by atoms with Crippen LogP contribution in [0.2, 0.25) is 0 Å². The number of aromatic hydroxyl groups is 1. The van der Waals surface area contributed by atoms with E-state index in [4.69, 9.17) is 9.84 Å². The molecule has 0 bridgehead atoms. The lowest BCUT2D eigenvalue weighted by Gasteiger charge is -2.12. The molecular formula is C10H12O4. The van der Waals surface area contributed by atoms with Gasteiger partial charge < -0.3 is 14.9 Å². The molecule has 2 N–H and O–H groups in total. The second kappa shape index (κ2) is 4.00. The normalized spacial score (nSPS) is 12.1. The molecule has 76 valence electrons. The Morgan fingerprint density at radius 2 is 2.14 bits per heavy atom. The van der Waals surface area contributed by atoms with Crippen LogP contribution in [0, 0.1) is 0 Å². The number of carboxylic acids is 1. The van der Waals surface area contributed by atoms with Gasteiger partial charge in [-0.2, -0.15) is 0 Å². The minimum Gasteiger partial charge on any atom is -0.504 e. The zero-order valence-electron chi connectivity index (χ0n) is 8.02. The number of rotatable bonds is 3. The van der Waals surface area contributed by atoms with Crippen LogP contribution in [-0.2, 0) is 4.79 Å². The van der Waals surface area contributed by atoms with E-state index >= 15 is 0 Å². The third-order valence-corrected chi connectivity index (χ3v) is 2.07. The first-order chi connectivity index (χ1) is 6.57. The van der Waals surface area contributed by atoms with Gasteiger partial charge in [-0.3, -0.25) is 4.79 Å². The van der Waals surface area contributed by atoms with Crippen LogP contribution in [0.25, 0.3) is 0 Å². The molecule has 0 aliphatic rings. The fourth-order valence-electron chi connectivity index (χ4n) is 1.24. The van der Waals surface area contributed by atoms with Gasteiger partial charge in [-0.05, 0) is 13.0 Å². The molecule has 0 saturated carbocycles. The van der Waals surface area contributed by atoms with E-state index in [0.29, 0.717) is 5.56 Å². The first-order valence-electron chi connectivity index (χ1n) is 4.16. The van der Waals surface area contributed by atoms with E-state index in [9.17, 15) is 9.90 Å². The van der Waals surface area contributed by atoms with Gasteiger partial charge in [-0.25, -0.2) is 0 Å². The van der Waals surface area contributed by atoms with Gasteiger partial charge >= 0.3 is 5.97 Å². The lowest BCUT2D eigenvalue weighted by atomic mass is 10.00. The number of phenols is 1. The number of hydrogen-bond acceptors (Lipinski definition) is 3. The molecule has 0 spiro atoms. The van der Waals surface area contributed by atoms with Crippen molar-refractivity contribution in [1.82, 2.24) is 0 Å². The molecular weight excluding hydrogens is 184 g/mol. The number of para-hydroxylation sites is 1. The molecule has 0 saturated heterocycles. The molecule has 0 amide bonds. The fourth-order valence-corrected chi connectivity index (χ4v) is 1.24. The summed E-state index contributed by atoms with van der Waals surface area (Å²) in [5.41, 5.74) is 0.472. The molecule has 0 radical (unpaired) electrons. The molecule has 0 fully saturated rings. The van der Waals surface area contributed by atoms with Crippen molar-refractivity contribution in [2.45, 2.75) is 12.8 Å². The molecule has 1 aromatic rings. The predicted molar refractivity (Wildman–Crippen MR) is 50.7 cm³/mol. The van der Waals surface area contributed by atoms with Crippen LogP contribution in [0.4, 0.5) is 0 Å². The van der Waals surface area contributed by atoms with Crippen LogP contribution in [-0.4, -0.2) is 23.3 Å². The number of aliphatic carboxylic acids is 1. The molecule has 0 aromatic heterocycles. The number of hydrogen-bond donors (Lipinski definition) is 2. The first kappa shape index (κ1) is 10.4. The highest BCUT2D eigenvalue weighted by Gasteiger charge is 2.19. The van der Waals surface area contributed by atoms with Gasteiger partial charge in [-0.1, -0.05) is 12.1 Å². The number of phenolic OH excluding ortho intramolecular Hbond substituents is 1. The van der Waals surface area contributed by atoms with Crippen LogP contribution in [0.15, 0.2) is 18.2 Å². The van der Waals surface area contributed by atoms with Crippen molar-refractivity contribution in [3.8, 4) is 11.5 Å². The van der Waals surface area contributed by atoms with E-state index in [1.807, 2.05) is 0 Å². The topological polar surface area (TPSA) is 66.8 Å². The monoisotopic (exact) mass is 196 g/mol. The quantitative estimate of drug-likeness (QED) is 0.770.